The Balaban J connectivity index is 2.11. The zero-order valence-corrected chi connectivity index (χ0v) is 12.9. The van der Waals surface area contributed by atoms with Crippen molar-refractivity contribution in [3.05, 3.63) is 52.2 Å². The van der Waals surface area contributed by atoms with Crippen LogP contribution in [0.2, 0.25) is 0 Å². The second-order valence-corrected chi connectivity index (χ2v) is 6.56. The molecule has 1 heterocycles. The van der Waals surface area contributed by atoms with Gasteiger partial charge >= 0.3 is 0 Å². The van der Waals surface area contributed by atoms with Gasteiger partial charge in [-0.25, -0.2) is 0 Å². The highest BCUT2D eigenvalue weighted by Gasteiger charge is 2.25. The largest absolute Gasteiger partial charge is 0.394 e. The Bertz CT molecular complexity index is 495. The van der Waals surface area contributed by atoms with Crippen molar-refractivity contribution < 1.29 is 5.11 Å². The molecule has 1 unspecified atom stereocenters. The van der Waals surface area contributed by atoms with E-state index in [-0.39, 0.29) is 6.61 Å². The zero-order chi connectivity index (χ0) is 13.7. The van der Waals surface area contributed by atoms with E-state index in [9.17, 15) is 5.11 Å². The Kier molecular flexibility index (Phi) is 5.05. The van der Waals surface area contributed by atoms with E-state index in [1.54, 1.807) is 23.1 Å². The third kappa shape index (κ3) is 3.60. The first-order chi connectivity index (χ1) is 9.18. The van der Waals surface area contributed by atoms with Crippen LogP contribution in [0.5, 0.6) is 0 Å². The Morgan fingerprint density at radius 3 is 2.53 bits per heavy atom. The fourth-order valence-corrected chi connectivity index (χ4v) is 2.96. The van der Waals surface area contributed by atoms with E-state index in [0.29, 0.717) is 0 Å². The van der Waals surface area contributed by atoms with Crippen LogP contribution in [0.25, 0.3) is 0 Å². The highest BCUT2D eigenvalue weighted by Crippen LogP contribution is 2.24. The van der Waals surface area contributed by atoms with Gasteiger partial charge in [-0.3, -0.25) is 0 Å². The maximum absolute atomic E-state index is 9.73. The van der Waals surface area contributed by atoms with Crippen LogP contribution < -0.4 is 5.32 Å². The molecule has 19 heavy (non-hydrogen) atoms. The lowest BCUT2D eigenvalue weighted by Gasteiger charge is -2.29. The summed E-state index contributed by atoms with van der Waals surface area (Å²) >= 11 is 3.45. The number of thioether (sulfide) groups is 1. The van der Waals surface area contributed by atoms with Crippen LogP contribution >= 0.6 is 23.1 Å². The van der Waals surface area contributed by atoms with Crippen molar-refractivity contribution in [2.75, 3.05) is 12.9 Å². The summed E-state index contributed by atoms with van der Waals surface area (Å²) in [4.78, 5) is 2.52. The second-order valence-electron chi connectivity index (χ2n) is 4.65. The van der Waals surface area contributed by atoms with Crippen molar-refractivity contribution in [2.24, 2.45) is 0 Å². The monoisotopic (exact) mass is 293 g/mol. The van der Waals surface area contributed by atoms with Gasteiger partial charge in [0.2, 0.25) is 0 Å². The molecule has 2 aromatic rings. The molecule has 0 fully saturated rings. The molecule has 0 amide bonds. The highest BCUT2D eigenvalue weighted by molar-refractivity contribution is 7.98. The molecule has 2 rings (SSSR count). The quantitative estimate of drug-likeness (QED) is 0.800. The summed E-state index contributed by atoms with van der Waals surface area (Å²) in [5, 5.41) is 15.3. The number of benzene rings is 1. The molecule has 0 saturated carbocycles. The lowest BCUT2D eigenvalue weighted by Crippen LogP contribution is -2.42. The molecule has 0 aliphatic rings. The molecule has 0 saturated heterocycles. The topological polar surface area (TPSA) is 32.3 Å². The van der Waals surface area contributed by atoms with Crippen molar-refractivity contribution in [3.8, 4) is 0 Å². The highest BCUT2D eigenvalue weighted by atomic mass is 32.2. The number of hydrogen-bond acceptors (Lipinski definition) is 4. The van der Waals surface area contributed by atoms with Gasteiger partial charge in [0.25, 0.3) is 0 Å². The molecule has 0 spiro atoms. The average molecular weight is 293 g/mol. The number of thiophene rings is 1. The number of rotatable bonds is 6. The lowest BCUT2D eigenvalue weighted by atomic mass is 9.93. The summed E-state index contributed by atoms with van der Waals surface area (Å²) < 4.78 is 0. The molecule has 1 aromatic heterocycles. The predicted octanol–water partition coefficient (Wildman–Crippen LogP) is 3.47. The van der Waals surface area contributed by atoms with Crippen LogP contribution in [0.4, 0.5) is 0 Å². The molecule has 0 radical (unpaired) electrons. The number of aliphatic hydroxyl groups is 1. The van der Waals surface area contributed by atoms with Crippen LogP contribution in [-0.2, 0) is 12.1 Å². The molecule has 102 valence electrons. The standard InChI is InChI=1S/C15H19NOS2/c1-15(11-17,16-10-14-4-3-9-19-14)12-5-7-13(18-2)8-6-12/h3-9,16-17H,10-11H2,1-2H3. The maximum atomic E-state index is 9.73. The number of aliphatic hydroxyl groups excluding tert-OH is 1. The van der Waals surface area contributed by atoms with Gasteiger partial charge in [-0.1, -0.05) is 18.2 Å². The molecule has 0 aliphatic heterocycles. The minimum absolute atomic E-state index is 0.0803. The maximum Gasteiger partial charge on any atom is 0.0652 e. The van der Waals surface area contributed by atoms with Gasteiger partial charge in [0.15, 0.2) is 0 Å². The van der Waals surface area contributed by atoms with Gasteiger partial charge in [0.1, 0.15) is 0 Å². The van der Waals surface area contributed by atoms with Gasteiger partial charge in [0.05, 0.1) is 12.1 Å². The Morgan fingerprint density at radius 2 is 2.00 bits per heavy atom. The van der Waals surface area contributed by atoms with Gasteiger partial charge in [0, 0.05) is 16.3 Å². The molecule has 2 N–H and O–H groups in total. The van der Waals surface area contributed by atoms with Crippen LogP contribution in [0.15, 0.2) is 46.7 Å². The van der Waals surface area contributed by atoms with Gasteiger partial charge in [-0.15, -0.1) is 23.1 Å². The van der Waals surface area contributed by atoms with Crippen molar-refractivity contribution in [2.45, 2.75) is 23.9 Å². The van der Waals surface area contributed by atoms with Crippen LogP contribution in [0.3, 0.4) is 0 Å². The van der Waals surface area contributed by atoms with E-state index in [0.717, 1.165) is 12.1 Å². The Hall–Kier alpha value is -0.810. The van der Waals surface area contributed by atoms with Crippen LogP contribution in [0, 0.1) is 0 Å². The van der Waals surface area contributed by atoms with Crippen LogP contribution in [-0.4, -0.2) is 18.0 Å². The summed E-state index contributed by atoms with van der Waals surface area (Å²) in [5.41, 5.74) is 0.713. The smallest absolute Gasteiger partial charge is 0.0652 e. The van der Waals surface area contributed by atoms with E-state index >= 15 is 0 Å². The fraction of sp³-hybridized carbons (Fsp3) is 0.333. The van der Waals surface area contributed by atoms with Gasteiger partial charge < -0.3 is 10.4 Å². The summed E-state index contributed by atoms with van der Waals surface area (Å²) in [6, 6.07) is 12.5. The van der Waals surface area contributed by atoms with Gasteiger partial charge in [-0.2, -0.15) is 0 Å². The van der Waals surface area contributed by atoms with Crippen molar-refractivity contribution in [1.82, 2.24) is 5.32 Å². The third-order valence-electron chi connectivity index (χ3n) is 3.28. The lowest BCUT2D eigenvalue weighted by molar-refractivity contribution is 0.174. The summed E-state index contributed by atoms with van der Waals surface area (Å²) in [7, 11) is 0. The first-order valence-corrected chi connectivity index (χ1v) is 8.31. The van der Waals surface area contributed by atoms with Gasteiger partial charge in [-0.05, 0) is 42.3 Å². The first-order valence-electron chi connectivity index (χ1n) is 6.21. The number of hydrogen-bond donors (Lipinski definition) is 2. The second kappa shape index (κ2) is 6.57. The molecule has 2 nitrogen and oxygen atoms in total. The molecule has 0 aliphatic carbocycles. The Labute approximate surface area is 122 Å². The number of nitrogens with one attached hydrogen (secondary N) is 1. The minimum atomic E-state index is -0.402. The molecule has 1 aromatic carbocycles. The van der Waals surface area contributed by atoms with Crippen molar-refractivity contribution >= 4 is 23.1 Å². The van der Waals surface area contributed by atoms with E-state index in [1.165, 1.54) is 9.77 Å². The normalized spacial score (nSPS) is 14.3. The van der Waals surface area contributed by atoms with Crippen LogP contribution in [0.1, 0.15) is 17.4 Å². The summed E-state index contributed by atoms with van der Waals surface area (Å²) in [6.07, 6.45) is 2.06. The third-order valence-corrected chi connectivity index (χ3v) is 4.90. The Morgan fingerprint density at radius 1 is 1.26 bits per heavy atom. The average Bonchev–Trinajstić information content (AvgIpc) is 2.98. The van der Waals surface area contributed by atoms with E-state index in [4.69, 9.17) is 0 Å². The molecule has 1 atom stereocenters. The SMILES string of the molecule is CSc1ccc(C(C)(CO)NCc2cccs2)cc1. The molecular weight excluding hydrogens is 274 g/mol. The predicted molar refractivity (Wildman–Crippen MR) is 83.8 cm³/mol. The molecule has 0 bridgehead atoms. The first kappa shape index (κ1) is 14.6. The summed E-state index contributed by atoms with van der Waals surface area (Å²) in [5.74, 6) is 0. The van der Waals surface area contributed by atoms with E-state index in [1.807, 2.05) is 13.0 Å². The van der Waals surface area contributed by atoms with E-state index < -0.39 is 5.54 Å². The van der Waals surface area contributed by atoms with Crippen molar-refractivity contribution in [3.63, 3.8) is 0 Å². The zero-order valence-electron chi connectivity index (χ0n) is 11.2. The van der Waals surface area contributed by atoms with Crippen molar-refractivity contribution in [1.29, 1.82) is 0 Å². The minimum Gasteiger partial charge on any atom is -0.394 e. The molecular formula is C15H19NOS2. The van der Waals surface area contributed by atoms with E-state index in [2.05, 4.69) is 47.3 Å². The fourth-order valence-electron chi connectivity index (χ4n) is 1.90. The summed E-state index contributed by atoms with van der Waals surface area (Å²) in [6.45, 7) is 2.89. The molecule has 4 heteroatoms.